The molecule has 0 aliphatic rings. The minimum absolute atomic E-state index is 0.250. The van der Waals surface area contributed by atoms with Crippen LogP contribution in [0.3, 0.4) is 0 Å². The van der Waals surface area contributed by atoms with Crippen LogP contribution in [0.2, 0.25) is 0 Å². The lowest BCUT2D eigenvalue weighted by Gasteiger charge is -2.29. The van der Waals surface area contributed by atoms with Crippen LogP contribution in [0.15, 0.2) is 24.3 Å². The molecule has 0 aromatic carbocycles. The monoisotopic (exact) mass is 339 g/mol. The van der Waals surface area contributed by atoms with Gasteiger partial charge in [0.05, 0.1) is 21.1 Å². The number of carbonyl (C=O) groups excluding carboxylic acids is 2. The maximum absolute atomic E-state index is 11.9. The Balaban J connectivity index is 3.93. The van der Waals surface area contributed by atoms with Crippen molar-refractivity contribution in [3.8, 4) is 0 Å². The Kier molecular flexibility index (Phi) is 11.9. The van der Waals surface area contributed by atoms with Crippen LogP contribution in [0, 0.1) is 0 Å². The number of allylic oxidation sites excluding steroid dienone is 4. The molecule has 0 spiro atoms. The van der Waals surface area contributed by atoms with Crippen LogP contribution in [0.25, 0.3) is 0 Å². The quantitative estimate of drug-likeness (QED) is 0.223. The summed E-state index contributed by atoms with van der Waals surface area (Å²) in [4.78, 5) is 22.7. The molecule has 0 bridgehead atoms. The van der Waals surface area contributed by atoms with E-state index >= 15 is 0 Å². The van der Waals surface area contributed by atoms with Crippen molar-refractivity contribution in [3.05, 3.63) is 24.3 Å². The standard InChI is InChI=1S/C19H33NO4/c1-5-6-7-8-9-10-11-12-13-14-19(23)24-17(15-18(21)22)16-20(2,3)4/h5-8,17H,9-16H2,1-4H3/b6-5+,8-7+. The van der Waals surface area contributed by atoms with E-state index in [0.29, 0.717) is 17.4 Å². The molecule has 5 heteroatoms. The van der Waals surface area contributed by atoms with Crippen molar-refractivity contribution in [2.24, 2.45) is 0 Å². The molecule has 1 unspecified atom stereocenters. The summed E-state index contributed by atoms with van der Waals surface area (Å²) in [6.07, 6.45) is 12.6. The lowest BCUT2D eigenvalue weighted by Crippen LogP contribution is -2.45. The van der Waals surface area contributed by atoms with Crippen LogP contribution in [0.5, 0.6) is 0 Å². The fourth-order valence-electron chi connectivity index (χ4n) is 2.36. The number of hydrogen-bond acceptors (Lipinski definition) is 4. The van der Waals surface area contributed by atoms with Gasteiger partial charge in [-0.1, -0.05) is 37.1 Å². The summed E-state index contributed by atoms with van der Waals surface area (Å²) in [6.45, 7) is 2.44. The fraction of sp³-hybridized carbons (Fsp3) is 0.684. The van der Waals surface area contributed by atoms with Gasteiger partial charge in [-0.3, -0.25) is 4.79 Å². The summed E-state index contributed by atoms with van der Waals surface area (Å²) in [5.74, 6) is -1.50. The van der Waals surface area contributed by atoms with E-state index in [1.807, 2.05) is 46.3 Å². The van der Waals surface area contributed by atoms with Gasteiger partial charge < -0.3 is 19.1 Å². The number of unbranched alkanes of at least 4 members (excludes halogenated alkanes) is 4. The van der Waals surface area contributed by atoms with Crippen LogP contribution in [0.4, 0.5) is 0 Å². The third kappa shape index (κ3) is 15.3. The second-order valence-electron chi connectivity index (χ2n) is 7.07. The van der Waals surface area contributed by atoms with Gasteiger partial charge in [-0.15, -0.1) is 0 Å². The summed E-state index contributed by atoms with van der Waals surface area (Å²) in [7, 11) is 5.79. The summed E-state index contributed by atoms with van der Waals surface area (Å²) in [5, 5.41) is 10.8. The number of hydrogen-bond donors (Lipinski definition) is 0. The smallest absolute Gasteiger partial charge is 0.306 e. The summed E-state index contributed by atoms with van der Waals surface area (Å²) < 4.78 is 5.85. The third-order valence-electron chi connectivity index (χ3n) is 3.39. The van der Waals surface area contributed by atoms with E-state index in [-0.39, 0.29) is 12.4 Å². The first-order valence-electron chi connectivity index (χ1n) is 8.72. The van der Waals surface area contributed by atoms with Gasteiger partial charge in [0, 0.05) is 18.8 Å². The average Bonchev–Trinajstić information content (AvgIpc) is 2.42. The molecule has 0 aromatic rings. The number of carbonyl (C=O) groups is 2. The summed E-state index contributed by atoms with van der Waals surface area (Å²) in [5.41, 5.74) is 0. The first-order valence-corrected chi connectivity index (χ1v) is 8.72. The van der Waals surface area contributed by atoms with Gasteiger partial charge in [0.25, 0.3) is 0 Å². The predicted octanol–water partition coefficient (Wildman–Crippen LogP) is 2.22. The minimum atomic E-state index is -1.19. The highest BCUT2D eigenvalue weighted by molar-refractivity contribution is 5.70. The van der Waals surface area contributed by atoms with Crippen molar-refractivity contribution >= 4 is 11.9 Å². The first-order chi connectivity index (χ1) is 11.2. The van der Waals surface area contributed by atoms with Gasteiger partial charge in [0.1, 0.15) is 6.54 Å². The van der Waals surface area contributed by atoms with Crippen molar-refractivity contribution in [1.82, 2.24) is 0 Å². The van der Waals surface area contributed by atoms with Crippen LogP contribution < -0.4 is 5.11 Å². The molecule has 0 N–H and O–H groups in total. The number of esters is 1. The molecular formula is C19H33NO4. The van der Waals surface area contributed by atoms with Crippen molar-refractivity contribution in [3.63, 3.8) is 0 Å². The zero-order valence-electron chi connectivity index (χ0n) is 15.6. The molecule has 1 atom stereocenters. The largest absolute Gasteiger partial charge is 0.550 e. The van der Waals surface area contributed by atoms with Crippen molar-refractivity contribution in [2.75, 3.05) is 27.7 Å². The van der Waals surface area contributed by atoms with Crippen LogP contribution in [0.1, 0.15) is 51.9 Å². The highest BCUT2D eigenvalue weighted by Crippen LogP contribution is 2.10. The molecule has 0 rings (SSSR count). The fourth-order valence-corrected chi connectivity index (χ4v) is 2.36. The van der Waals surface area contributed by atoms with E-state index in [1.165, 1.54) is 0 Å². The van der Waals surface area contributed by atoms with Crippen LogP contribution in [-0.2, 0) is 14.3 Å². The molecule has 24 heavy (non-hydrogen) atoms. The zero-order chi connectivity index (χ0) is 18.4. The Morgan fingerprint density at radius 2 is 1.75 bits per heavy atom. The molecule has 0 aromatic heterocycles. The number of ether oxygens (including phenoxy) is 1. The van der Waals surface area contributed by atoms with Gasteiger partial charge in [-0.2, -0.15) is 0 Å². The average molecular weight is 339 g/mol. The molecule has 0 fully saturated rings. The predicted molar refractivity (Wildman–Crippen MR) is 94.1 cm³/mol. The number of nitrogens with zero attached hydrogens (tertiary/aromatic N) is 1. The van der Waals surface area contributed by atoms with Crippen molar-refractivity contribution < 1.29 is 23.9 Å². The number of carboxylic acid groups (broad SMARTS) is 1. The second-order valence-corrected chi connectivity index (χ2v) is 7.07. The lowest BCUT2D eigenvalue weighted by atomic mass is 10.1. The lowest BCUT2D eigenvalue weighted by molar-refractivity contribution is -0.873. The number of quaternary nitrogens is 1. The molecule has 0 heterocycles. The van der Waals surface area contributed by atoms with Crippen LogP contribution >= 0.6 is 0 Å². The van der Waals surface area contributed by atoms with Gasteiger partial charge in [0.2, 0.25) is 0 Å². The summed E-state index contributed by atoms with van der Waals surface area (Å²) >= 11 is 0. The van der Waals surface area contributed by atoms with E-state index in [2.05, 4.69) is 6.08 Å². The van der Waals surface area contributed by atoms with Crippen molar-refractivity contribution in [2.45, 2.75) is 58.0 Å². The Morgan fingerprint density at radius 1 is 1.08 bits per heavy atom. The molecule has 0 saturated carbocycles. The van der Waals surface area contributed by atoms with E-state index in [4.69, 9.17) is 4.74 Å². The number of carboxylic acids is 1. The van der Waals surface area contributed by atoms with Crippen LogP contribution in [-0.4, -0.2) is 50.2 Å². The van der Waals surface area contributed by atoms with Gasteiger partial charge in [-0.25, -0.2) is 0 Å². The number of rotatable bonds is 13. The SMILES string of the molecule is C/C=C/C=C/CCCCCCC(=O)OC(CC(=O)[O-])C[N+](C)(C)C. The highest BCUT2D eigenvalue weighted by Gasteiger charge is 2.22. The molecule has 0 aliphatic carbocycles. The second kappa shape index (κ2) is 12.8. The van der Waals surface area contributed by atoms with Gasteiger partial charge >= 0.3 is 5.97 Å². The van der Waals surface area contributed by atoms with E-state index in [0.717, 1.165) is 32.1 Å². The van der Waals surface area contributed by atoms with Gasteiger partial charge in [-0.05, 0) is 26.2 Å². The van der Waals surface area contributed by atoms with Gasteiger partial charge in [0.15, 0.2) is 6.10 Å². The molecule has 0 radical (unpaired) electrons. The Hall–Kier alpha value is -1.62. The van der Waals surface area contributed by atoms with E-state index < -0.39 is 12.1 Å². The normalized spacial score (nSPS) is 13.5. The molecule has 0 amide bonds. The number of aliphatic carboxylic acids is 1. The maximum Gasteiger partial charge on any atom is 0.306 e. The first kappa shape index (κ1) is 22.4. The number of likely N-dealkylation sites (N-methyl/N-ethyl adjacent to an activating group) is 1. The Labute approximate surface area is 146 Å². The molecule has 5 nitrogen and oxygen atoms in total. The third-order valence-corrected chi connectivity index (χ3v) is 3.39. The molecular weight excluding hydrogens is 306 g/mol. The Bertz CT molecular complexity index is 422. The zero-order valence-corrected chi connectivity index (χ0v) is 15.6. The molecule has 0 saturated heterocycles. The summed E-state index contributed by atoms with van der Waals surface area (Å²) in [6, 6.07) is 0. The Morgan fingerprint density at radius 3 is 2.33 bits per heavy atom. The maximum atomic E-state index is 11.9. The molecule has 0 aliphatic heterocycles. The highest BCUT2D eigenvalue weighted by atomic mass is 16.5. The van der Waals surface area contributed by atoms with E-state index in [1.54, 1.807) is 0 Å². The van der Waals surface area contributed by atoms with E-state index in [9.17, 15) is 14.7 Å². The topological polar surface area (TPSA) is 66.4 Å². The van der Waals surface area contributed by atoms with Crippen molar-refractivity contribution in [1.29, 1.82) is 0 Å². The minimum Gasteiger partial charge on any atom is -0.550 e. The molecule has 138 valence electrons.